The molecule has 3 rings (SSSR count). The fraction of sp³-hybridized carbons (Fsp3) is 0.235. The molecule has 0 aliphatic heterocycles. The van der Waals surface area contributed by atoms with Crippen molar-refractivity contribution in [3.8, 4) is 5.88 Å². The van der Waals surface area contributed by atoms with Crippen molar-refractivity contribution in [1.29, 1.82) is 0 Å². The van der Waals surface area contributed by atoms with Crippen LogP contribution in [0.4, 0.5) is 4.39 Å². The highest BCUT2D eigenvalue weighted by molar-refractivity contribution is 7.89. The summed E-state index contributed by atoms with van der Waals surface area (Å²) in [5, 5.41) is 5.12. The van der Waals surface area contributed by atoms with Crippen LogP contribution in [-0.4, -0.2) is 20.5 Å². The highest BCUT2D eigenvalue weighted by Crippen LogP contribution is 2.40. The number of hydrogen-bond acceptors (Lipinski definition) is 4. The molecule has 0 saturated carbocycles. The van der Waals surface area contributed by atoms with Crippen LogP contribution in [0.5, 0.6) is 5.88 Å². The first kappa shape index (κ1) is 16.6. The van der Waals surface area contributed by atoms with Gasteiger partial charge in [0.15, 0.2) is 5.82 Å². The van der Waals surface area contributed by atoms with E-state index in [1.165, 1.54) is 25.3 Å². The number of nitrogens with two attached hydrogens (primary N) is 1. The topological polar surface area (TPSA) is 82.3 Å². The average molecular weight is 348 g/mol. The summed E-state index contributed by atoms with van der Waals surface area (Å²) >= 11 is 0. The summed E-state index contributed by atoms with van der Waals surface area (Å²) in [6.45, 7) is 0. The molecular formula is C17H17FN2O3S. The number of nitrogens with zero attached hydrogens (tertiary/aromatic N) is 1. The third kappa shape index (κ3) is 3.18. The summed E-state index contributed by atoms with van der Waals surface area (Å²) in [7, 11) is -2.34. The first-order valence-electron chi connectivity index (χ1n) is 7.45. The molecule has 2 aromatic rings. The number of aromatic nitrogens is 1. The monoisotopic (exact) mass is 348 g/mol. The first-order chi connectivity index (χ1) is 11.4. The van der Waals surface area contributed by atoms with E-state index in [1.807, 2.05) is 0 Å². The third-order valence-corrected chi connectivity index (χ3v) is 5.03. The Kier molecular flexibility index (Phi) is 4.38. The highest BCUT2D eigenvalue weighted by atomic mass is 32.2. The van der Waals surface area contributed by atoms with Crippen LogP contribution < -0.4 is 9.88 Å². The molecule has 24 heavy (non-hydrogen) atoms. The van der Waals surface area contributed by atoms with Gasteiger partial charge in [0, 0.05) is 6.20 Å². The number of hydrogen-bond donors (Lipinski definition) is 1. The maximum atomic E-state index is 13.9. The summed E-state index contributed by atoms with van der Waals surface area (Å²) in [6, 6.07) is 7.85. The molecule has 0 saturated heterocycles. The number of rotatable bonds is 4. The molecule has 0 spiro atoms. The first-order valence-corrected chi connectivity index (χ1v) is 9.00. The quantitative estimate of drug-likeness (QED) is 0.921. The second-order valence-electron chi connectivity index (χ2n) is 5.60. The highest BCUT2D eigenvalue weighted by Gasteiger charge is 2.20. The van der Waals surface area contributed by atoms with Crippen molar-refractivity contribution in [2.24, 2.45) is 5.14 Å². The van der Waals surface area contributed by atoms with Gasteiger partial charge >= 0.3 is 0 Å². The summed E-state index contributed by atoms with van der Waals surface area (Å²) in [5.74, 6) is -0.533. The van der Waals surface area contributed by atoms with E-state index in [2.05, 4.69) is 4.98 Å². The van der Waals surface area contributed by atoms with Gasteiger partial charge in [0.05, 0.1) is 12.0 Å². The number of primary sulfonamides is 1. The Bertz CT molecular complexity index is 906. The summed E-state index contributed by atoms with van der Waals surface area (Å²) in [5.41, 5.74) is 3.72. The molecule has 0 radical (unpaired) electrons. The van der Waals surface area contributed by atoms with Crippen LogP contribution >= 0.6 is 0 Å². The van der Waals surface area contributed by atoms with Gasteiger partial charge in [-0.25, -0.2) is 22.9 Å². The van der Waals surface area contributed by atoms with E-state index >= 15 is 0 Å². The van der Waals surface area contributed by atoms with Gasteiger partial charge in [-0.1, -0.05) is 12.1 Å². The number of halogens is 1. The molecule has 7 heteroatoms. The van der Waals surface area contributed by atoms with E-state index in [-0.39, 0.29) is 10.8 Å². The molecule has 0 unspecified atom stereocenters. The lowest BCUT2D eigenvalue weighted by Crippen LogP contribution is -2.11. The number of benzene rings is 1. The number of sulfonamides is 1. The van der Waals surface area contributed by atoms with Crippen molar-refractivity contribution in [3.05, 3.63) is 53.5 Å². The van der Waals surface area contributed by atoms with Crippen molar-refractivity contribution >= 4 is 21.2 Å². The Balaban J connectivity index is 2.02. The largest absolute Gasteiger partial charge is 0.479 e. The normalized spacial score (nSPS) is 15.0. The number of pyridine rings is 1. The van der Waals surface area contributed by atoms with Gasteiger partial charge in [-0.2, -0.15) is 0 Å². The molecule has 1 heterocycles. The van der Waals surface area contributed by atoms with Crippen molar-refractivity contribution < 1.29 is 17.5 Å². The standard InChI is InChI=1S/C17H17FN2O3S/c1-23-17-16(18)9-12(10-20-17)15-4-2-3-14(15)11-5-7-13(8-6-11)24(19,21)22/h5-10H,2-4H2,1H3,(H2,19,21,22). The fourth-order valence-electron chi connectivity index (χ4n) is 2.97. The molecule has 1 aromatic heterocycles. The Morgan fingerprint density at radius 2 is 1.75 bits per heavy atom. The molecule has 0 fully saturated rings. The van der Waals surface area contributed by atoms with Crippen LogP contribution in [-0.2, 0) is 10.0 Å². The van der Waals surface area contributed by atoms with Gasteiger partial charge in [-0.15, -0.1) is 0 Å². The Morgan fingerprint density at radius 1 is 1.12 bits per heavy atom. The maximum absolute atomic E-state index is 13.9. The molecule has 5 nitrogen and oxygen atoms in total. The van der Waals surface area contributed by atoms with Crippen molar-refractivity contribution in [3.63, 3.8) is 0 Å². The molecular weight excluding hydrogens is 331 g/mol. The number of allylic oxidation sites excluding steroid dienone is 2. The minimum absolute atomic E-state index is 0.0311. The van der Waals surface area contributed by atoms with E-state index < -0.39 is 15.8 Å². The van der Waals surface area contributed by atoms with Crippen LogP contribution in [0.1, 0.15) is 30.4 Å². The molecule has 1 aliphatic rings. The van der Waals surface area contributed by atoms with Crippen molar-refractivity contribution in [1.82, 2.24) is 4.98 Å². The Labute approximate surface area is 140 Å². The Morgan fingerprint density at radius 3 is 2.29 bits per heavy atom. The molecule has 0 atom stereocenters. The van der Waals surface area contributed by atoms with Crippen LogP contribution in [0.25, 0.3) is 11.1 Å². The van der Waals surface area contributed by atoms with Crippen LogP contribution in [0.15, 0.2) is 41.4 Å². The molecule has 1 aliphatic carbocycles. The summed E-state index contributed by atoms with van der Waals surface area (Å²) in [6.07, 6.45) is 4.22. The fourth-order valence-corrected chi connectivity index (χ4v) is 3.48. The van der Waals surface area contributed by atoms with Gasteiger partial charge in [0.2, 0.25) is 15.9 Å². The zero-order chi connectivity index (χ0) is 17.3. The minimum Gasteiger partial charge on any atom is -0.479 e. The average Bonchev–Trinajstić information content (AvgIpc) is 3.03. The van der Waals surface area contributed by atoms with Crippen LogP contribution in [0.3, 0.4) is 0 Å². The number of methoxy groups -OCH3 is 1. The smallest absolute Gasteiger partial charge is 0.250 e. The van der Waals surface area contributed by atoms with Gasteiger partial charge in [0.25, 0.3) is 0 Å². The summed E-state index contributed by atoms with van der Waals surface area (Å²) < 4.78 is 41.5. The molecule has 0 bridgehead atoms. The van der Waals surface area contributed by atoms with E-state index in [4.69, 9.17) is 9.88 Å². The molecule has 126 valence electrons. The molecule has 0 amide bonds. The third-order valence-electron chi connectivity index (χ3n) is 4.10. The predicted molar refractivity (Wildman–Crippen MR) is 89.2 cm³/mol. The second kappa shape index (κ2) is 6.33. The van der Waals surface area contributed by atoms with Crippen molar-refractivity contribution in [2.75, 3.05) is 7.11 Å². The SMILES string of the molecule is COc1ncc(C2=C(c3ccc(S(N)(=O)=O)cc3)CCC2)cc1F. The van der Waals surface area contributed by atoms with Gasteiger partial charge in [-0.05, 0) is 59.7 Å². The number of ether oxygens (including phenoxy) is 1. The zero-order valence-electron chi connectivity index (χ0n) is 13.1. The van der Waals surface area contributed by atoms with Gasteiger partial charge < -0.3 is 4.74 Å². The van der Waals surface area contributed by atoms with E-state index in [9.17, 15) is 12.8 Å². The van der Waals surface area contributed by atoms with E-state index in [0.717, 1.165) is 41.5 Å². The summed E-state index contributed by atoms with van der Waals surface area (Å²) in [4.78, 5) is 4.06. The molecule has 1 aromatic carbocycles. The minimum atomic E-state index is -3.71. The second-order valence-corrected chi connectivity index (χ2v) is 7.16. The predicted octanol–water partition coefficient (Wildman–Crippen LogP) is 2.97. The van der Waals surface area contributed by atoms with E-state index in [0.29, 0.717) is 0 Å². The van der Waals surface area contributed by atoms with E-state index in [1.54, 1.807) is 18.3 Å². The van der Waals surface area contributed by atoms with Crippen LogP contribution in [0.2, 0.25) is 0 Å². The van der Waals surface area contributed by atoms with Crippen LogP contribution in [0, 0.1) is 5.82 Å². The lowest BCUT2D eigenvalue weighted by atomic mass is 9.98. The lowest BCUT2D eigenvalue weighted by Gasteiger charge is -2.10. The Hall–Kier alpha value is -2.25. The zero-order valence-corrected chi connectivity index (χ0v) is 13.9. The van der Waals surface area contributed by atoms with Gasteiger partial charge in [-0.3, -0.25) is 0 Å². The lowest BCUT2D eigenvalue weighted by molar-refractivity contribution is 0.369. The van der Waals surface area contributed by atoms with Gasteiger partial charge in [0.1, 0.15) is 0 Å². The van der Waals surface area contributed by atoms with Crippen molar-refractivity contribution in [2.45, 2.75) is 24.2 Å². The molecule has 2 N–H and O–H groups in total. The maximum Gasteiger partial charge on any atom is 0.250 e.